The summed E-state index contributed by atoms with van der Waals surface area (Å²) in [6.45, 7) is 3.89. The minimum absolute atomic E-state index is 0.00980. The van der Waals surface area contributed by atoms with Crippen molar-refractivity contribution < 1.29 is 55.3 Å². The zero-order valence-corrected chi connectivity index (χ0v) is 24.8. The second kappa shape index (κ2) is 11.9. The lowest BCUT2D eigenvalue weighted by molar-refractivity contribution is -0.144. The predicted octanol–water partition coefficient (Wildman–Crippen LogP) is 7.44. The quantitative estimate of drug-likeness (QED) is 0.267. The molecule has 0 aliphatic carbocycles. The second-order valence-corrected chi connectivity index (χ2v) is 11.5. The maximum Gasteiger partial charge on any atom is 0.416 e. The highest BCUT2D eigenvalue weighted by atomic mass is 19.4. The van der Waals surface area contributed by atoms with Gasteiger partial charge in [-0.1, -0.05) is 6.07 Å². The van der Waals surface area contributed by atoms with Gasteiger partial charge < -0.3 is 15.1 Å². The van der Waals surface area contributed by atoms with E-state index in [1.807, 2.05) is 0 Å². The molecule has 2 aromatic carbocycles. The molecule has 246 valence electrons. The molecule has 0 radical (unpaired) electrons. The van der Waals surface area contributed by atoms with Crippen LogP contribution in [0.15, 0.2) is 48.7 Å². The van der Waals surface area contributed by atoms with Gasteiger partial charge in [0, 0.05) is 12.6 Å². The molecule has 0 saturated carbocycles. The first kappa shape index (κ1) is 34.2. The number of aliphatic carboxylic acids is 1. The number of aryl methyl sites for hydroxylation is 1. The zero-order valence-electron chi connectivity index (χ0n) is 24.8. The molecule has 2 heterocycles. The second-order valence-electron chi connectivity index (χ2n) is 11.5. The molecule has 2 N–H and O–H groups in total. The fourth-order valence-electron chi connectivity index (χ4n) is 5.64. The summed E-state index contributed by atoms with van der Waals surface area (Å²) < 4.78 is 95.6. The van der Waals surface area contributed by atoms with Crippen molar-refractivity contribution in [1.82, 2.24) is 9.88 Å². The summed E-state index contributed by atoms with van der Waals surface area (Å²) in [4.78, 5) is 43.7. The summed E-state index contributed by atoms with van der Waals surface area (Å²) in [5.41, 5.74) is -4.62. The van der Waals surface area contributed by atoms with Gasteiger partial charge in [-0.3, -0.25) is 14.7 Å². The number of benzene rings is 2. The smallest absolute Gasteiger partial charge is 0.416 e. The lowest BCUT2D eigenvalue weighted by atomic mass is 9.81. The average molecular weight is 656 g/mol. The highest BCUT2D eigenvalue weighted by molar-refractivity contribution is 6.03. The predicted molar refractivity (Wildman–Crippen MR) is 151 cm³/mol. The Morgan fingerprint density at radius 1 is 0.870 bits per heavy atom. The van der Waals surface area contributed by atoms with Gasteiger partial charge >= 0.3 is 24.4 Å². The lowest BCUT2D eigenvalue weighted by Gasteiger charge is -2.32. The SMILES string of the molecule is Cc1cc(F)ccc1-c1cc([C@@H]2CC[C@H](C(=O)O)N2C(=O)O)ncc1N(C)C(=O)C(C)(C)c1cc(C(F)(F)F)cc(C(F)(F)F)c1. The van der Waals surface area contributed by atoms with Crippen molar-refractivity contribution in [2.24, 2.45) is 0 Å². The van der Waals surface area contributed by atoms with E-state index in [0.29, 0.717) is 23.3 Å². The number of alkyl halides is 6. The van der Waals surface area contributed by atoms with Crippen LogP contribution in [0.25, 0.3) is 11.1 Å². The molecule has 1 saturated heterocycles. The van der Waals surface area contributed by atoms with E-state index in [4.69, 9.17) is 0 Å². The minimum atomic E-state index is -5.14. The molecule has 15 heteroatoms. The van der Waals surface area contributed by atoms with E-state index in [2.05, 4.69) is 4.98 Å². The van der Waals surface area contributed by atoms with Crippen LogP contribution in [-0.4, -0.2) is 51.2 Å². The third-order valence-electron chi connectivity index (χ3n) is 8.13. The van der Waals surface area contributed by atoms with Crippen molar-refractivity contribution in [2.75, 3.05) is 11.9 Å². The van der Waals surface area contributed by atoms with Gasteiger partial charge in [0.1, 0.15) is 11.9 Å². The first-order valence-corrected chi connectivity index (χ1v) is 13.7. The van der Waals surface area contributed by atoms with Crippen molar-refractivity contribution in [3.63, 3.8) is 0 Å². The molecule has 0 bridgehead atoms. The number of carboxylic acid groups (broad SMARTS) is 2. The number of carbonyl (C=O) groups is 3. The minimum Gasteiger partial charge on any atom is -0.480 e. The number of amides is 2. The molecule has 0 unspecified atom stereocenters. The fraction of sp³-hybridized carbons (Fsp3) is 0.355. The van der Waals surface area contributed by atoms with Crippen LogP contribution in [-0.2, 0) is 27.4 Å². The van der Waals surface area contributed by atoms with Crippen LogP contribution in [0.3, 0.4) is 0 Å². The number of likely N-dealkylation sites (N-methyl/N-ethyl adjacent to an activating group) is 1. The molecule has 1 aromatic heterocycles. The standard InChI is InChI=1S/C31H28F7N3O5/c1-15-9-19(32)5-6-20(15)21-13-22(23-7-8-24(26(42)43)41(23)28(45)46)39-14-25(21)40(4)27(44)29(2,3)16-10-17(30(33,34)35)12-18(11-16)31(36,37)38/h5-6,9-14,23-24H,7-8H2,1-4H3,(H,42,43)(H,45,46)/t23-,24+/m0/s1. The number of rotatable bonds is 6. The lowest BCUT2D eigenvalue weighted by Crippen LogP contribution is -2.42. The van der Waals surface area contributed by atoms with Crippen LogP contribution in [0.1, 0.15) is 60.7 Å². The number of likely N-dealkylation sites (tertiary alicyclic amines) is 1. The number of carbonyl (C=O) groups excluding carboxylic acids is 1. The van der Waals surface area contributed by atoms with Crippen LogP contribution in [0, 0.1) is 12.7 Å². The van der Waals surface area contributed by atoms with E-state index >= 15 is 0 Å². The number of hydrogen-bond donors (Lipinski definition) is 2. The number of halogens is 7. The number of hydrogen-bond acceptors (Lipinski definition) is 4. The van der Waals surface area contributed by atoms with E-state index in [0.717, 1.165) is 15.9 Å². The third-order valence-corrected chi connectivity index (χ3v) is 8.13. The Bertz CT molecular complexity index is 1670. The molecule has 1 aliphatic rings. The number of pyridine rings is 1. The van der Waals surface area contributed by atoms with Gasteiger partial charge in [-0.2, -0.15) is 26.3 Å². The van der Waals surface area contributed by atoms with E-state index in [-0.39, 0.29) is 35.9 Å². The molecule has 8 nitrogen and oxygen atoms in total. The topological polar surface area (TPSA) is 111 Å². The van der Waals surface area contributed by atoms with Crippen molar-refractivity contribution >= 4 is 23.7 Å². The van der Waals surface area contributed by atoms with E-state index in [1.165, 1.54) is 45.3 Å². The summed E-state index contributed by atoms with van der Waals surface area (Å²) in [7, 11) is 1.24. The largest absolute Gasteiger partial charge is 0.480 e. The summed E-state index contributed by atoms with van der Waals surface area (Å²) in [5.74, 6) is -2.87. The zero-order chi connectivity index (χ0) is 34.5. The molecular formula is C31H28F7N3O5. The first-order valence-electron chi connectivity index (χ1n) is 13.7. The maximum absolute atomic E-state index is 14.0. The molecule has 46 heavy (non-hydrogen) atoms. The van der Waals surface area contributed by atoms with Crippen LogP contribution < -0.4 is 4.90 Å². The van der Waals surface area contributed by atoms with Crippen LogP contribution in [0.4, 0.5) is 41.2 Å². The number of anilines is 1. The van der Waals surface area contributed by atoms with E-state index in [1.54, 1.807) is 6.92 Å². The van der Waals surface area contributed by atoms with Crippen LogP contribution in [0.5, 0.6) is 0 Å². The molecule has 2 amide bonds. The molecule has 1 aliphatic heterocycles. The van der Waals surface area contributed by atoms with E-state index in [9.17, 15) is 55.3 Å². The van der Waals surface area contributed by atoms with Crippen molar-refractivity contribution in [3.8, 4) is 11.1 Å². The Morgan fingerprint density at radius 2 is 1.43 bits per heavy atom. The first-order chi connectivity index (χ1) is 21.1. The van der Waals surface area contributed by atoms with Gasteiger partial charge in [0.25, 0.3) is 0 Å². The number of carboxylic acids is 1. The summed E-state index contributed by atoms with van der Waals surface area (Å²) in [6.07, 6.45) is -10.5. The van der Waals surface area contributed by atoms with Crippen LogP contribution >= 0.6 is 0 Å². The Hall–Kier alpha value is -4.69. The third kappa shape index (κ3) is 6.49. The summed E-state index contributed by atoms with van der Waals surface area (Å²) in [5, 5.41) is 19.3. The van der Waals surface area contributed by atoms with Gasteiger partial charge in [-0.15, -0.1) is 0 Å². The monoisotopic (exact) mass is 655 g/mol. The number of aromatic nitrogens is 1. The molecule has 3 aromatic rings. The van der Waals surface area contributed by atoms with Crippen molar-refractivity contribution in [1.29, 1.82) is 0 Å². The Balaban J connectivity index is 1.86. The number of nitrogens with zero attached hydrogens (tertiary/aromatic N) is 3. The van der Waals surface area contributed by atoms with Gasteiger partial charge in [-0.25, -0.2) is 14.0 Å². The van der Waals surface area contributed by atoms with Crippen LogP contribution in [0.2, 0.25) is 0 Å². The summed E-state index contributed by atoms with van der Waals surface area (Å²) in [6, 6.07) is 3.66. The van der Waals surface area contributed by atoms with Gasteiger partial charge in [0.15, 0.2) is 0 Å². The Kier molecular flexibility index (Phi) is 8.85. The Labute approximate surface area is 258 Å². The molecule has 1 fully saturated rings. The van der Waals surface area contributed by atoms with Gasteiger partial charge in [0.2, 0.25) is 5.91 Å². The Morgan fingerprint density at radius 3 is 1.93 bits per heavy atom. The normalized spacial score (nSPS) is 17.2. The van der Waals surface area contributed by atoms with Gasteiger partial charge in [-0.05, 0) is 86.7 Å². The molecule has 2 atom stereocenters. The highest BCUT2D eigenvalue weighted by Gasteiger charge is 2.44. The maximum atomic E-state index is 14.0. The van der Waals surface area contributed by atoms with Gasteiger partial charge in [0.05, 0.1) is 40.2 Å². The highest BCUT2D eigenvalue weighted by Crippen LogP contribution is 2.43. The van der Waals surface area contributed by atoms with Crippen molar-refractivity contribution in [2.45, 2.75) is 63.5 Å². The fourth-order valence-corrected chi connectivity index (χ4v) is 5.64. The summed E-state index contributed by atoms with van der Waals surface area (Å²) >= 11 is 0. The molecule has 0 spiro atoms. The van der Waals surface area contributed by atoms with E-state index < -0.39 is 70.3 Å². The average Bonchev–Trinajstić information content (AvgIpc) is 3.41. The molecular weight excluding hydrogens is 627 g/mol. The van der Waals surface area contributed by atoms with Crippen molar-refractivity contribution in [3.05, 3.63) is 82.4 Å². The molecule has 4 rings (SSSR count).